The van der Waals surface area contributed by atoms with E-state index in [1.54, 1.807) is 0 Å². The van der Waals surface area contributed by atoms with Crippen LogP contribution in [-0.4, -0.2) is 93.1 Å². The quantitative estimate of drug-likeness (QED) is 0.187. The fraction of sp³-hybridized carbons (Fsp3) is 0.0357. The zero-order valence-electron chi connectivity index (χ0n) is 26.0. The molecule has 41 heavy (non-hydrogen) atoms. The number of hydrogen-bond donors (Lipinski definition) is 1. The Bertz CT molecular complexity index is 1990. The summed E-state index contributed by atoms with van der Waals surface area (Å²) in [5.41, 5.74) is 15.9. The SMILES string of the molecule is Bc1c(B)c(B)c2c(-n3c(C(B)(B)O)nc4ccccc43)c3c(B)c(B)c(B)c(B)c3c(-c3ccccc3)c2c1B. The molecular formula is C28H30B10N2O. The number of imidazole rings is 1. The molecule has 1 N–H and O–H groups in total. The zero-order valence-corrected chi connectivity index (χ0v) is 26.0. The molecule has 6 aromatic rings. The number of rotatable bonds is 3. The van der Waals surface area contributed by atoms with Gasteiger partial charge in [-0.1, -0.05) is 64.3 Å². The van der Waals surface area contributed by atoms with Crippen LogP contribution in [0.4, 0.5) is 0 Å². The standard InChI is InChI=1S/C28H30B10N2O/c29-18-14-13(10-6-2-1-3-7-10)15-17(21(32)25(36)23(34)19(15)30)26(16(14)20(31)24(35)22(18)33)40-12-9-5-4-8-11(12)39-27(40)28(37,38)41/h1-9,41H,29-38H2. The summed E-state index contributed by atoms with van der Waals surface area (Å²) in [7, 11) is 21.8. The van der Waals surface area contributed by atoms with Crippen molar-refractivity contribution in [2.75, 3.05) is 0 Å². The van der Waals surface area contributed by atoms with Crippen molar-refractivity contribution in [3.8, 4) is 16.8 Å². The number of hydrogen-bond acceptors (Lipinski definition) is 2. The fourth-order valence-electron chi connectivity index (χ4n) is 6.87. The molecule has 0 bridgehead atoms. The molecule has 0 spiro atoms. The summed E-state index contributed by atoms with van der Waals surface area (Å²) in [6, 6.07) is 19.1. The highest BCUT2D eigenvalue weighted by Gasteiger charge is 2.30. The second kappa shape index (κ2) is 9.63. The van der Waals surface area contributed by atoms with Gasteiger partial charge in [0.25, 0.3) is 0 Å². The normalized spacial score (nSPS) is 12.0. The van der Waals surface area contributed by atoms with Gasteiger partial charge in [0, 0.05) is 0 Å². The molecule has 6 rings (SSSR count). The molecule has 13 heteroatoms. The predicted octanol–water partition coefficient (Wildman–Crippen LogP) is -9.57. The Kier molecular flexibility index (Phi) is 6.54. The first-order valence-corrected chi connectivity index (χ1v) is 14.6. The number of nitrogens with zero attached hydrogens (tertiary/aromatic N) is 2. The van der Waals surface area contributed by atoms with E-state index in [-0.39, 0.29) is 0 Å². The largest absolute Gasteiger partial charge is 0.400 e. The minimum absolute atomic E-state index is 0.652. The minimum Gasteiger partial charge on any atom is -0.400 e. The highest BCUT2D eigenvalue weighted by atomic mass is 16.3. The number of aromatic nitrogens is 2. The average molecular weight is 519 g/mol. The summed E-state index contributed by atoms with van der Waals surface area (Å²) >= 11 is 0. The van der Waals surface area contributed by atoms with Crippen molar-refractivity contribution in [1.82, 2.24) is 9.55 Å². The van der Waals surface area contributed by atoms with E-state index in [1.807, 2.05) is 27.8 Å². The Morgan fingerprint density at radius 2 is 1.00 bits per heavy atom. The second-order valence-corrected chi connectivity index (χ2v) is 12.4. The van der Waals surface area contributed by atoms with Gasteiger partial charge in [0.15, 0.2) is 0 Å². The van der Waals surface area contributed by atoms with Gasteiger partial charge >= 0.3 is 0 Å². The Labute approximate surface area is 251 Å². The Hall–Kier alpha value is -3.30. The van der Waals surface area contributed by atoms with Crippen molar-refractivity contribution in [2.24, 2.45) is 0 Å². The molecule has 0 unspecified atom stereocenters. The molecular weight excluding hydrogens is 488 g/mol. The molecule has 1 aromatic heterocycles. The molecule has 5 aromatic carbocycles. The highest BCUT2D eigenvalue weighted by Crippen LogP contribution is 2.39. The number of fused-ring (bicyclic) bond motifs is 3. The van der Waals surface area contributed by atoms with Crippen molar-refractivity contribution in [3.63, 3.8) is 0 Å². The lowest BCUT2D eigenvalue weighted by atomic mass is 9.60. The van der Waals surface area contributed by atoms with Crippen LogP contribution in [-0.2, 0) is 5.40 Å². The lowest BCUT2D eigenvalue weighted by molar-refractivity contribution is 0.205. The first-order valence-electron chi connectivity index (χ1n) is 14.6. The minimum atomic E-state index is -1.15. The van der Waals surface area contributed by atoms with Crippen LogP contribution in [0.1, 0.15) is 5.82 Å². The summed E-state index contributed by atoms with van der Waals surface area (Å²) in [6.45, 7) is 0. The maximum Gasteiger partial charge on any atom is 0.141 e. The maximum atomic E-state index is 11.6. The molecule has 0 aliphatic heterocycles. The molecule has 0 aliphatic rings. The lowest BCUT2D eigenvalue weighted by Crippen LogP contribution is -2.50. The zero-order chi connectivity index (χ0) is 29.5. The summed E-state index contributed by atoms with van der Waals surface area (Å²) < 4.78 is 2.26. The van der Waals surface area contributed by atoms with Crippen molar-refractivity contribution >= 4 is 155 Å². The summed E-state index contributed by atoms with van der Waals surface area (Å²) in [4.78, 5) is 5.05. The van der Waals surface area contributed by atoms with Crippen molar-refractivity contribution < 1.29 is 5.11 Å². The molecule has 0 saturated carbocycles. The van der Waals surface area contributed by atoms with Gasteiger partial charge in [-0.15, -0.1) is 21.9 Å². The monoisotopic (exact) mass is 520 g/mol. The third-order valence-electron chi connectivity index (χ3n) is 9.74. The van der Waals surface area contributed by atoms with E-state index in [0.717, 1.165) is 16.7 Å². The van der Waals surface area contributed by atoms with Crippen LogP contribution < -0.4 is 43.7 Å². The smallest absolute Gasteiger partial charge is 0.141 e. The molecule has 0 atom stereocenters. The van der Waals surface area contributed by atoms with Crippen molar-refractivity contribution in [1.29, 1.82) is 0 Å². The van der Waals surface area contributed by atoms with E-state index < -0.39 is 5.40 Å². The summed E-state index contributed by atoms with van der Waals surface area (Å²) in [6.07, 6.45) is 0. The molecule has 0 fully saturated rings. The van der Waals surface area contributed by atoms with Crippen LogP contribution in [0.3, 0.4) is 0 Å². The van der Waals surface area contributed by atoms with Crippen LogP contribution in [0, 0.1) is 0 Å². The van der Waals surface area contributed by atoms with Gasteiger partial charge in [0.1, 0.15) is 84.3 Å². The third kappa shape index (κ3) is 3.96. The molecule has 0 saturated heterocycles. The second-order valence-electron chi connectivity index (χ2n) is 12.4. The molecule has 0 aliphatic carbocycles. The topological polar surface area (TPSA) is 38.0 Å². The van der Waals surface area contributed by atoms with Gasteiger partial charge in [0.2, 0.25) is 0 Å². The van der Waals surface area contributed by atoms with Crippen molar-refractivity contribution in [3.05, 3.63) is 60.4 Å². The molecule has 3 nitrogen and oxygen atoms in total. The summed E-state index contributed by atoms with van der Waals surface area (Å²) in [5.74, 6) is 0.652. The average Bonchev–Trinajstić information content (AvgIpc) is 3.36. The number of aliphatic hydroxyl groups is 1. The van der Waals surface area contributed by atoms with Crippen molar-refractivity contribution in [2.45, 2.75) is 5.40 Å². The first kappa shape index (κ1) is 27.8. The van der Waals surface area contributed by atoms with E-state index in [2.05, 4.69) is 110 Å². The third-order valence-corrected chi connectivity index (χ3v) is 9.74. The Morgan fingerprint density at radius 3 is 1.49 bits per heavy atom. The number of para-hydroxylation sites is 2. The van der Waals surface area contributed by atoms with Crippen LogP contribution in [0.2, 0.25) is 0 Å². The predicted molar refractivity (Wildman–Crippen MR) is 208 cm³/mol. The molecule has 0 amide bonds. The van der Waals surface area contributed by atoms with E-state index in [0.29, 0.717) is 5.82 Å². The van der Waals surface area contributed by atoms with Crippen LogP contribution >= 0.6 is 0 Å². The van der Waals surface area contributed by atoms with Gasteiger partial charge in [-0.25, -0.2) is 4.98 Å². The van der Waals surface area contributed by atoms with E-state index in [1.165, 1.54) is 76.4 Å². The van der Waals surface area contributed by atoms with E-state index >= 15 is 0 Å². The van der Waals surface area contributed by atoms with Crippen LogP contribution in [0.5, 0.6) is 0 Å². The molecule has 1 heterocycles. The van der Waals surface area contributed by atoms with E-state index in [4.69, 9.17) is 4.98 Å². The van der Waals surface area contributed by atoms with Gasteiger partial charge in [0.05, 0.1) is 22.1 Å². The Morgan fingerprint density at radius 1 is 0.561 bits per heavy atom. The highest BCUT2D eigenvalue weighted by molar-refractivity contribution is 6.71. The van der Waals surface area contributed by atoms with Gasteiger partial charge in [-0.3, -0.25) is 4.57 Å². The Balaban J connectivity index is 2.08. The van der Waals surface area contributed by atoms with E-state index in [9.17, 15) is 5.11 Å². The first-order chi connectivity index (χ1) is 19.4. The molecule has 0 radical (unpaired) electrons. The fourth-order valence-corrected chi connectivity index (χ4v) is 6.87. The van der Waals surface area contributed by atoms with Gasteiger partial charge in [-0.2, -0.15) is 0 Å². The summed E-state index contributed by atoms with van der Waals surface area (Å²) in [5, 5.41) is 15.4. The van der Waals surface area contributed by atoms with Gasteiger partial charge < -0.3 is 5.11 Å². The number of benzene rings is 5. The molecule has 188 valence electrons. The van der Waals surface area contributed by atoms with Gasteiger partial charge in [-0.05, 0) is 44.8 Å². The van der Waals surface area contributed by atoms with Crippen LogP contribution in [0.25, 0.3) is 49.4 Å². The lowest BCUT2D eigenvalue weighted by Gasteiger charge is -2.30. The maximum absolute atomic E-state index is 11.6. The van der Waals surface area contributed by atoms with Crippen LogP contribution in [0.15, 0.2) is 54.6 Å².